The van der Waals surface area contributed by atoms with Crippen molar-refractivity contribution in [2.75, 3.05) is 0 Å². The summed E-state index contributed by atoms with van der Waals surface area (Å²) in [6, 6.07) is 8.35. The summed E-state index contributed by atoms with van der Waals surface area (Å²) < 4.78 is 13.8. The molecule has 1 aromatic carbocycles. The summed E-state index contributed by atoms with van der Waals surface area (Å²) in [5, 5.41) is 7.77. The maximum atomic E-state index is 13.8. The number of nitrogens with one attached hydrogen (secondary N) is 1. The molecule has 0 aliphatic heterocycles. The average molecular weight is 329 g/mol. The van der Waals surface area contributed by atoms with Crippen LogP contribution in [0.4, 0.5) is 4.39 Å². The van der Waals surface area contributed by atoms with Crippen LogP contribution in [0.25, 0.3) is 0 Å². The Bertz CT molecular complexity index is 843. The molecule has 0 aliphatic carbocycles. The van der Waals surface area contributed by atoms with Crippen LogP contribution in [0.2, 0.25) is 0 Å². The van der Waals surface area contributed by atoms with Gasteiger partial charge in [-0.05, 0) is 28.6 Å². The third kappa shape index (κ3) is 3.40. The van der Waals surface area contributed by atoms with Gasteiger partial charge in [0.2, 0.25) is 5.78 Å². The molecule has 0 unspecified atom stereocenters. The van der Waals surface area contributed by atoms with Gasteiger partial charge in [0.25, 0.3) is 5.78 Å². The van der Waals surface area contributed by atoms with Gasteiger partial charge in [-0.15, -0.1) is 11.3 Å². The van der Waals surface area contributed by atoms with E-state index in [4.69, 9.17) is 0 Å². The summed E-state index contributed by atoms with van der Waals surface area (Å²) in [5.74, 6) is -1.62. The Labute approximate surface area is 135 Å². The SMILES string of the molecule is O=C(Cc1sccc1Cc1ccccc1F)C(=O)c1ncn[nH]1. The second-order valence-electron chi connectivity index (χ2n) is 4.90. The van der Waals surface area contributed by atoms with E-state index in [9.17, 15) is 14.0 Å². The molecule has 2 heterocycles. The topological polar surface area (TPSA) is 75.7 Å². The van der Waals surface area contributed by atoms with Crippen molar-refractivity contribution in [2.45, 2.75) is 12.8 Å². The number of carbonyl (C=O) groups excluding carboxylic acids is 2. The average Bonchev–Trinajstić information content (AvgIpc) is 3.21. The zero-order valence-corrected chi connectivity index (χ0v) is 12.8. The summed E-state index contributed by atoms with van der Waals surface area (Å²) >= 11 is 1.38. The van der Waals surface area contributed by atoms with E-state index in [1.54, 1.807) is 18.2 Å². The minimum absolute atomic E-state index is 0.0268. The first-order chi connectivity index (χ1) is 11.1. The van der Waals surface area contributed by atoms with Gasteiger partial charge in [0, 0.05) is 17.7 Å². The third-order valence-electron chi connectivity index (χ3n) is 3.38. The lowest BCUT2D eigenvalue weighted by Gasteiger charge is -2.04. The molecule has 0 radical (unpaired) electrons. The Morgan fingerprint density at radius 3 is 2.74 bits per heavy atom. The number of carbonyl (C=O) groups is 2. The standard InChI is InChI=1S/C16H12FN3O2S/c17-12-4-2-1-3-10(12)7-11-5-6-23-14(11)8-13(21)15(22)16-18-9-19-20-16/h1-6,9H,7-8H2,(H,18,19,20). The molecule has 0 spiro atoms. The Balaban J connectivity index is 1.75. The molecule has 0 aliphatic rings. The number of benzene rings is 1. The number of Topliss-reactive ketones (excluding diaryl/α,β-unsaturated/α-hetero) is 2. The summed E-state index contributed by atoms with van der Waals surface area (Å²) in [4.78, 5) is 28.4. The van der Waals surface area contributed by atoms with E-state index < -0.39 is 11.6 Å². The quantitative estimate of drug-likeness (QED) is 0.557. The van der Waals surface area contributed by atoms with Crippen LogP contribution in [-0.2, 0) is 17.6 Å². The van der Waals surface area contributed by atoms with Crippen molar-refractivity contribution < 1.29 is 14.0 Å². The summed E-state index contributed by atoms with van der Waals surface area (Å²) in [6.07, 6.45) is 1.53. The third-order valence-corrected chi connectivity index (χ3v) is 4.34. The monoisotopic (exact) mass is 329 g/mol. The number of halogens is 1. The number of aromatic nitrogens is 3. The molecule has 7 heteroatoms. The Kier molecular flexibility index (Phi) is 4.38. The lowest BCUT2D eigenvalue weighted by Crippen LogP contribution is -2.18. The van der Waals surface area contributed by atoms with Gasteiger partial charge < -0.3 is 0 Å². The number of ketones is 2. The fraction of sp³-hybridized carbons (Fsp3) is 0.125. The number of hydrogen-bond donors (Lipinski definition) is 1. The minimum Gasteiger partial charge on any atom is -0.290 e. The molecule has 3 aromatic rings. The van der Waals surface area contributed by atoms with Gasteiger partial charge in [-0.2, -0.15) is 5.10 Å². The highest BCUT2D eigenvalue weighted by atomic mass is 32.1. The molecule has 0 atom stereocenters. The zero-order valence-electron chi connectivity index (χ0n) is 12.0. The van der Waals surface area contributed by atoms with Crippen molar-refractivity contribution >= 4 is 22.9 Å². The van der Waals surface area contributed by atoms with Crippen LogP contribution in [0.5, 0.6) is 0 Å². The van der Waals surface area contributed by atoms with Gasteiger partial charge >= 0.3 is 0 Å². The number of rotatable bonds is 6. The van der Waals surface area contributed by atoms with E-state index in [0.717, 1.165) is 10.4 Å². The number of hydrogen-bond acceptors (Lipinski definition) is 5. The molecular weight excluding hydrogens is 317 g/mol. The predicted octanol–water partition coefficient (Wildman–Crippen LogP) is 2.59. The van der Waals surface area contributed by atoms with Crippen LogP contribution in [0.3, 0.4) is 0 Å². The predicted molar refractivity (Wildman–Crippen MR) is 82.9 cm³/mol. The van der Waals surface area contributed by atoms with E-state index >= 15 is 0 Å². The van der Waals surface area contributed by atoms with Gasteiger partial charge in [0.15, 0.2) is 5.82 Å². The molecule has 1 N–H and O–H groups in total. The highest BCUT2D eigenvalue weighted by Crippen LogP contribution is 2.22. The second-order valence-corrected chi connectivity index (χ2v) is 5.90. The van der Waals surface area contributed by atoms with Gasteiger partial charge in [-0.3, -0.25) is 14.7 Å². The van der Waals surface area contributed by atoms with Gasteiger partial charge in [-0.1, -0.05) is 18.2 Å². The van der Waals surface area contributed by atoms with Crippen molar-refractivity contribution in [3.05, 3.63) is 69.7 Å². The van der Waals surface area contributed by atoms with Crippen molar-refractivity contribution in [2.24, 2.45) is 0 Å². The normalized spacial score (nSPS) is 10.7. The van der Waals surface area contributed by atoms with E-state index in [0.29, 0.717) is 12.0 Å². The van der Waals surface area contributed by atoms with Gasteiger partial charge in [0.05, 0.1) is 0 Å². The molecule has 116 valence electrons. The summed E-state index contributed by atoms with van der Waals surface area (Å²) in [6.45, 7) is 0. The summed E-state index contributed by atoms with van der Waals surface area (Å²) in [7, 11) is 0. The first-order valence-electron chi connectivity index (χ1n) is 6.86. The van der Waals surface area contributed by atoms with Crippen LogP contribution in [0, 0.1) is 5.82 Å². The van der Waals surface area contributed by atoms with Crippen LogP contribution in [0.1, 0.15) is 26.6 Å². The molecule has 5 nitrogen and oxygen atoms in total. The molecule has 0 amide bonds. The summed E-state index contributed by atoms with van der Waals surface area (Å²) in [5.41, 5.74) is 1.40. The molecule has 0 saturated heterocycles. The molecule has 3 rings (SSSR count). The fourth-order valence-electron chi connectivity index (χ4n) is 2.20. The van der Waals surface area contributed by atoms with E-state index in [-0.39, 0.29) is 18.1 Å². The molecule has 23 heavy (non-hydrogen) atoms. The maximum absolute atomic E-state index is 13.8. The Morgan fingerprint density at radius 2 is 2.00 bits per heavy atom. The van der Waals surface area contributed by atoms with Crippen molar-refractivity contribution in [3.63, 3.8) is 0 Å². The number of thiophene rings is 1. The first kappa shape index (κ1) is 15.2. The smallest absolute Gasteiger partial charge is 0.265 e. The van der Waals surface area contributed by atoms with Crippen molar-refractivity contribution in [1.82, 2.24) is 15.2 Å². The van der Waals surface area contributed by atoms with E-state index in [1.807, 2.05) is 11.4 Å². The van der Waals surface area contributed by atoms with Crippen molar-refractivity contribution in [3.8, 4) is 0 Å². The lowest BCUT2D eigenvalue weighted by molar-refractivity contribution is -0.114. The first-order valence-corrected chi connectivity index (χ1v) is 7.74. The van der Waals surface area contributed by atoms with Crippen LogP contribution in [0.15, 0.2) is 42.0 Å². The van der Waals surface area contributed by atoms with E-state index in [1.165, 1.54) is 23.7 Å². The highest BCUT2D eigenvalue weighted by Gasteiger charge is 2.21. The minimum atomic E-state index is -0.701. The van der Waals surface area contributed by atoms with Gasteiger partial charge in [-0.25, -0.2) is 9.37 Å². The molecule has 0 saturated carbocycles. The molecule has 0 fully saturated rings. The second kappa shape index (κ2) is 6.62. The van der Waals surface area contributed by atoms with Crippen LogP contribution in [-0.4, -0.2) is 26.7 Å². The van der Waals surface area contributed by atoms with Gasteiger partial charge in [0.1, 0.15) is 12.1 Å². The van der Waals surface area contributed by atoms with Crippen LogP contribution < -0.4 is 0 Å². The van der Waals surface area contributed by atoms with Crippen LogP contribution >= 0.6 is 11.3 Å². The molecule has 2 aromatic heterocycles. The lowest BCUT2D eigenvalue weighted by atomic mass is 10.0. The highest BCUT2D eigenvalue weighted by molar-refractivity contribution is 7.10. The largest absolute Gasteiger partial charge is 0.290 e. The Hall–Kier alpha value is -2.67. The molecule has 0 bridgehead atoms. The van der Waals surface area contributed by atoms with E-state index in [2.05, 4.69) is 15.2 Å². The number of nitrogens with zero attached hydrogens (tertiary/aromatic N) is 2. The Morgan fingerprint density at radius 1 is 1.17 bits per heavy atom. The fourth-order valence-corrected chi connectivity index (χ4v) is 3.10. The number of aromatic amines is 1. The van der Waals surface area contributed by atoms with Crippen molar-refractivity contribution in [1.29, 1.82) is 0 Å². The zero-order chi connectivity index (χ0) is 16.2. The molecular formula is C16H12FN3O2S. The maximum Gasteiger partial charge on any atom is 0.265 e. The number of H-pyrrole nitrogens is 1.